The smallest absolute Gasteiger partial charge is 0.309 e. The standard InChI is InChI=1S/C18H23N5O3/c1-3-26-18(25)14-8-10-22(11-9-14)16(24)12-23-20-17(19-21-23)15-7-5-4-6-13(15)2/h4-7,14H,3,8-12H2,1-2H3. The van der Waals surface area contributed by atoms with E-state index in [1.165, 1.54) is 4.80 Å². The lowest BCUT2D eigenvalue weighted by Gasteiger charge is -2.30. The van der Waals surface area contributed by atoms with Gasteiger partial charge in [-0.15, -0.1) is 10.2 Å². The van der Waals surface area contributed by atoms with E-state index in [1.807, 2.05) is 31.2 Å². The lowest BCUT2D eigenvalue weighted by molar-refractivity contribution is -0.151. The van der Waals surface area contributed by atoms with Crippen LogP contribution in [0.2, 0.25) is 0 Å². The Morgan fingerprint density at radius 3 is 2.65 bits per heavy atom. The van der Waals surface area contributed by atoms with Gasteiger partial charge in [-0.2, -0.15) is 4.80 Å². The third-order valence-corrected chi connectivity index (χ3v) is 4.58. The van der Waals surface area contributed by atoms with Crippen molar-refractivity contribution in [3.05, 3.63) is 29.8 Å². The maximum Gasteiger partial charge on any atom is 0.309 e. The zero-order valence-electron chi connectivity index (χ0n) is 15.1. The minimum Gasteiger partial charge on any atom is -0.466 e. The lowest BCUT2D eigenvalue weighted by atomic mass is 9.97. The summed E-state index contributed by atoms with van der Waals surface area (Å²) in [7, 11) is 0. The molecule has 0 saturated carbocycles. The van der Waals surface area contributed by atoms with Crippen LogP contribution in [0.1, 0.15) is 25.3 Å². The normalized spacial score (nSPS) is 15.1. The SMILES string of the molecule is CCOC(=O)C1CCN(C(=O)Cn2nnc(-c3ccccc3C)n2)CC1. The van der Waals surface area contributed by atoms with Crippen molar-refractivity contribution in [1.29, 1.82) is 0 Å². The molecule has 1 fully saturated rings. The number of aromatic nitrogens is 4. The molecule has 1 aliphatic heterocycles. The first-order valence-corrected chi connectivity index (χ1v) is 8.86. The highest BCUT2D eigenvalue weighted by atomic mass is 16.5. The number of tetrazole rings is 1. The van der Waals surface area contributed by atoms with E-state index in [9.17, 15) is 9.59 Å². The molecule has 8 nitrogen and oxygen atoms in total. The number of hydrogen-bond donors (Lipinski definition) is 0. The maximum atomic E-state index is 12.5. The van der Waals surface area contributed by atoms with Crippen LogP contribution in [0.5, 0.6) is 0 Å². The van der Waals surface area contributed by atoms with Crippen molar-refractivity contribution < 1.29 is 14.3 Å². The van der Waals surface area contributed by atoms with Gasteiger partial charge in [-0.25, -0.2) is 0 Å². The Kier molecular flexibility index (Phi) is 5.60. The van der Waals surface area contributed by atoms with E-state index in [1.54, 1.807) is 11.8 Å². The highest BCUT2D eigenvalue weighted by molar-refractivity contribution is 5.77. The Morgan fingerprint density at radius 1 is 1.23 bits per heavy atom. The minimum atomic E-state index is -0.166. The average molecular weight is 357 g/mol. The molecule has 1 aromatic carbocycles. The second kappa shape index (κ2) is 8.07. The van der Waals surface area contributed by atoms with E-state index in [0.29, 0.717) is 38.4 Å². The number of carbonyl (C=O) groups excluding carboxylic acids is 2. The number of carbonyl (C=O) groups is 2. The predicted molar refractivity (Wildman–Crippen MR) is 93.9 cm³/mol. The summed E-state index contributed by atoms with van der Waals surface area (Å²) >= 11 is 0. The first-order valence-electron chi connectivity index (χ1n) is 8.86. The molecule has 138 valence electrons. The Bertz CT molecular complexity index is 781. The molecule has 0 radical (unpaired) electrons. The number of nitrogens with zero attached hydrogens (tertiary/aromatic N) is 5. The highest BCUT2D eigenvalue weighted by Gasteiger charge is 2.28. The second-order valence-corrected chi connectivity index (χ2v) is 6.37. The molecule has 0 unspecified atom stereocenters. The summed E-state index contributed by atoms with van der Waals surface area (Å²) in [5.41, 5.74) is 1.96. The van der Waals surface area contributed by atoms with E-state index in [-0.39, 0.29) is 24.3 Å². The molecule has 0 bridgehead atoms. The van der Waals surface area contributed by atoms with Crippen molar-refractivity contribution in [2.75, 3.05) is 19.7 Å². The van der Waals surface area contributed by atoms with Gasteiger partial charge in [-0.05, 0) is 37.5 Å². The Hall–Kier alpha value is -2.77. The third-order valence-electron chi connectivity index (χ3n) is 4.58. The zero-order valence-corrected chi connectivity index (χ0v) is 15.1. The molecule has 8 heteroatoms. The molecule has 0 atom stereocenters. The first-order chi connectivity index (χ1) is 12.6. The quantitative estimate of drug-likeness (QED) is 0.753. The van der Waals surface area contributed by atoms with E-state index in [4.69, 9.17) is 4.74 Å². The van der Waals surface area contributed by atoms with Crippen LogP contribution in [-0.4, -0.2) is 56.7 Å². The lowest BCUT2D eigenvalue weighted by Crippen LogP contribution is -2.42. The van der Waals surface area contributed by atoms with Crippen LogP contribution < -0.4 is 0 Å². The number of benzene rings is 1. The van der Waals surface area contributed by atoms with E-state index in [2.05, 4.69) is 15.4 Å². The monoisotopic (exact) mass is 357 g/mol. The largest absolute Gasteiger partial charge is 0.466 e. The van der Waals surface area contributed by atoms with E-state index >= 15 is 0 Å². The molecule has 0 N–H and O–H groups in total. The molecule has 3 rings (SSSR count). The molecule has 2 aromatic rings. The van der Waals surface area contributed by atoms with Crippen molar-refractivity contribution in [3.63, 3.8) is 0 Å². The number of likely N-dealkylation sites (tertiary alicyclic amines) is 1. The number of piperidine rings is 1. The summed E-state index contributed by atoms with van der Waals surface area (Å²) < 4.78 is 5.05. The maximum absolute atomic E-state index is 12.5. The molecule has 1 amide bonds. The second-order valence-electron chi connectivity index (χ2n) is 6.37. The molecule has 1 saturated heterocycles. The van der Waals surface area contributed by atoms with Crippen LogP contribution in [0.3, 0.4) is 0 Å². The molecular weight excluding hydrogens is 334 g/mol. The summed E-state index contributed by atoms with van der Waals surface area (Å²) in [5, 5.41) is 12.4. The molecule has 1 aromatic heterocycles. The summed E-state index contributed by atoms with van der Waals surface area (Å²) in [6.45, 7) is 5.30. The van der Waals surface area contributed by atoms with Gasteiger partial charge in [0.1, 0.15) is 6.54 Å². The van der Waals surface area contributed by atoms with E-state index in [0.717, 1.165) is 11.1 Å². The highest BCUT2D eigenvalue weighted by Crippen LogP contribution is 2.20. The fourth-order valence-corrected chi connectivity index (χ4v) is 3.09. The van der Waals surface area contributed by atoms with Gasteiger partial charge in [0.25, 0.3) is 0 Å². The average Bonchev–Trinajstić information content (AvgIpc) is 3.10. The minimum absolute atomic E-state index is 0.0446. The van der Waals surface area contributed by atoms with Crippen LogP contribution in [0.25, 0.3) is 11.4 Å². The molecule has 0 spiro atoms. The Morgan fingerprint density at radius 2 is 1.96 bits per heavy atom. The van der Waals surface area contributed by atoms with Crippen molar-refractivity contribution in [2.24, 2.45) is 5.92 Å². The fourth-order valence-electron chi connectivity index (χ4n) is 3.09. The van der Waals surface area contributed by atoms with Crippen LogP contribution in [-0.2, 0) is 20.9 Å². The van der Waals surface area contributed by atoms with Gasteiger partial charge in [0.2, 0.25) is 11.7 Å². The summed E-state index contributed by atoms with van der Waals surface area (Å²) in [4.78, 5) is 27.3. The zero-order chi connectivity index (χ0) is 18.5. The van der Waals surface area contributed by atoms with Crippen LogP contribution in [0, 0.1) is 12.8 Å². The third kappa shape index (κ3) is 4.07. The van der Waals surface area contributed by atoms with Gasteiger partial charge in [0, 0.05) is 18.7 Å². The molecule has 2 heterocycles. The summed E-state index contributed by atoms with van der Waals surface area (Å²) in [5.74, 6) is 0.162. The predicted octanol–water partition coefficient (Wildman–Crippen LogP) is 1.45. The van der Waals surface area contributed by atoms with Gasteiger partial charge >= 0.3 is 5.97 Å². The number of amides is 1. The van der Waals surface area contributed by atoms with Crippen molar-refractivity contribution >= 4 is 11.9 Å². The molecule has 0 aliphatic carbocycles. The summed E-state index contributed by atoms with van der Waals surface area (Å²) in [6, 6.07) is 7.78. The fraction of sp³-hybridized carbons (Fsp3) is 0.500. The van der Waals surface area contributed by atoms with Crippen LogP contribution >= 0.6 is 0 Å². The number of rotatable bonds is 5. The van der Waals surface area contributed by atoms with Gasteiger partial charge in [0.15, 0.2) is 0 Å². The van der Waals surface area contributed by atoms with Crippen molar-refractivity contribution in [2.45, 2.75) is 33.2 Å². The molecular formula is C18H23N5O3. The van der Waals surface area contributed by atoms with Crippen LogP contribution in [0.4, 0.5) is 0 Å². The number of hydrogen-bond acceptors (Lipinski definition) is 6. The van der Waals surface area contributed by atoms with Gasteiger partial charge in [-0.1, -0.05) is 24.3 Å². The van der Waals surface area contributed by atoms with Gasteiger partial charge in [-0.3, -0.25) is 9.59 Å². The Labute approximate surface area is 152 Å². The number of ether oxygens (including phenoxy) is 1. The van der Waals surface area contributed by atoms with Gasteiger partial charge < -0.3 is 9.64 Å². The van der Waals surface area contributed by atoms with E-state index < -0.39 is 0 Å². The Balaban J connectivity index is 1.56. The summed E-state index contributed by atoms with van der Waals surface area (Å²) in [6.07, 6.45) is 1.26. The van der Waals surface area contributed by atoms with Crippen molar-refractivity contribution in [3.8, 4) is 11.4 Å². The van der Waals surface area contributed by atoms with Crippen LogP contribution in [0.15, 0.2) is 24.3 Å². The topological polar surface area (TPSA) is 90.2 Å². The molecule has 26 heavy (non-hydrogen) atoms. The number of aryl methyl sites for hydroxylation is 1. The number of esters is 1. The molecule has 1 aliphatic rings. The first kappa shape index (κ1) is 18.0. The van der Waals surface area contributed by atoms with Crippen molar-refractivity contribution in [1.82, 2.24) is 25.1 Å². The van der Waals surface area contributed by atoms with Gasteiger partial charge in [0.05, 0.1) is 12.5 Å².